The first-order valence-corrected chi connectivity index (χ1v) is 6.04. The predicted octanol–water partition coefficient (Wildman–Crippen LogP) is 3.22. The summed E-state index contributed by atoms with van der Waals surface area (Å²) in [4.78, 5) is 11.0. The summed E-state index contributed by atoms with van der Waals surface area (Å²) in [6.45, 7) is -1.48. The van der Waals surface area contributed by atoms with Crippen molar-refractivity contribution < 1.29 is 31.5 Å². The largest absolute Gasteiger partial charge is 0.494 e. The first-order chi connectivity index (χ1) is 9.85. The Bertz CT molecular complexity index is 502. The molecule has 0 radical (unpaired) electrons. The third kappa shape index (κ3) is 4.30. The number of aryl methyl sites for hydroxylation is 1. The average molecular weight is 311 g/mol. The summed E-state index contributed by atoms with van der Waals surface area (Å²) in [7, 11) is 1.18. The molecule has 0 aromatic heterocycles. The number of ether oxygens (including phenoxy) is 1. The van der Waals surface area contributed by atoms with Crippen LogP contribution in [-0.4, -0.2) is 32.5 Å². The molecule has 0 spiro atoms. The lowest BCUT2D eigenvalue weighted by Gasteiger charge is -2.17. The third-order valence-corrected chi connectivity index (χ3v) is 2.78. The van der Waals surface area contributed by atoms with E-state index < -0.39 is 25.4 Å². The predicted molar refractivity (Wildman–Crippen MR) is 67.0 cm³/mol. The van der Waals surface area contributed by atoms with Crippen LogP contribution in [0, 0.1) is 0 Å². The van der Waals surface area contributed by atoms with Gasteiger partial charge in [0.1, 0.15) is 5.75 Å². The molecule has 1 rings (SSSR count). The van der Waals surface area contributed by atoms with Gasteiger partial charge in [-0.15, -0.1) is 0 Å². The van der Waals surface area contributed by atoms with Crippen LogP contribution in [0.3, 0.4) is 0 Å². The summed E-state index contributed by atoms with van der Waals surface area (Å²) in [6, 6.07) is 2.52. The Hall–Kier alpha value is -1.86. The number of methoxy groups -OCH3 is 1. The Labute approximate surface area is 118 Å². The van der Waals surface area contributed by atoms with Crippen molar-refractivity contribution in [3.63, 3.8) is 0 Å². The van der Waals surface area contributed by atoms with Gasteiger partial charge in [0.05, 0.1) is 26.1 Å². The van der Waals surface area contributed by atoms with E-state index in [0.717, 1.165) is 0 Å². The minimum absolute atomic E-state index is 0.0147. The van der Waals surface area contributed by atoms with E-state index in [2.05, 4.69) is 0 Å². The fourth-order valence-corrected chi connectivity index (χ4v) is 1.90. The molecule has 0 saturated carbocycles. The zero-order valence-corrected chi connectivity index (χ0v) is 11.2. The zero-order valence-electron chi connectivity index (χ0n) is 11.2. The maximum Gasteiger partial charge on any atom is 0.471 e. The van der Waals surface area contributed by atoms with Crippen LogP contribution >= 0.6 is 0 Å². The number of amides is 1. The van der Waals surface area contributed by atoms with E-state index >= 15 is 0 Å². The van der Waals surface area contributed by atoms with E-state index in [9.17, 15) is 26.7 Å². The van der Waals surface area contributed by atoms with Crippen LogP contribution in [0.1, 0.15) is 11.1 Å². The molecule has 3 nitrogen and oxygen atoms in total. The van der Waals surface area contributed by atoms with Gasteiger partial charge in [-0.3, -0.25) is 13.6 Å². The van der Waals surface area contributed by atoms with Crippen molar-refractivity contribution in [1.29, 1.82) is 0 Å². The van der Waals surface area contributed by atoms with Crippen molar-refractivity contribution in [2.75, 3.05) is 25.8 Å². The standard InChI is InChI=1S/C13H14F5NO2/c1-21-11-9(5-7-15)8(4-6-14)2-3-10(11)19-12(20)13(16,17)18/h2-3H,4-7H2,1H3,(H,19,20). The second-order valence-electron chi connectivity index (χ2n) is 4.11. The van der Waals surface area contributed by atoms with E-state index in [-0.39, 0.29) is 29.8 Å². The van der Waals surface area contributed by atoms with Crippen molar-refractivity contribution in [3.8, 4) is 5.75 Å². The SMILES string of the molecule is COc1c(NC(=O)C(F)(F)F)ccc(CCF)c1CCF. The summed E-state index contributed by atoms with van der Waals surface area (Å²) in [5, 5.41) is 1.66. The summed E-state index contributed by atoms with van der Waals surface area (Å²) in [5.74, 6) is -2.25. The van der Waals surface area contributed by atoms with E-state index in [1.54, 1.807) is 5.32 Å². The van der Waals surface area contributed by atoms with Crippen molar-refractivity contribution in [1.82, 2.24) is 0 Å². The van der Waals surface area contributed by atoms with Gasteiger partial charge in [-0.25, -0.2) is 0 Å². The molecule has 0 atom stereocenters. The van der Waals surface area contributed by atoms with Gasteiger partial charge in [0, 0.05) is 18.4 Å². The number of alkyl halides is 5. The Morgan fingerprint density at radius 1 is 1.19 bits per heavy atom. The fourth-order valence-electron chi connectivity index (χ4n) is 1.90. The highest BCUT2D eigenvalue weighted by atomic mass is 19.4. The summed E-state index contributed by atoms with van der Waals surface area (Å²) in [6.07, 6.45) is -5.21. The molecule has 1 amide bonds. The van der Waals surface area contributed by atoms with E-state index in [4.69, 9.17) is 4.74 Å². The van der Waals surface area contributed by atoms with Gasteiger partial charge < -0.3 is 10.1 Å². The molecule has 21 heavy (non-hydrogen) atoms. The normalized spacial score (nSPS) is 11.3. The molecule has 0 heterocycles. The van der Waals surface area contributed by atoms with Crippen molar-refractivity contribution in [3.05, 3.63) is 23.3 Å². The molecular formula is C13H14F5NO2. The smallest absolute Gasteiger partial charge is 0.471 e. The highest BCUT2D eigenvalue weighted by Gasteiger charge is 2.39. The molecule has 0 unspecified atom stereocenters. The van der Waals surface area contributed by atoms with Gasteiger partial charge in [-0.05, 0) is 11.6 Å². The lowest BCUT2D eigenvalue weighted by molar-refractivity contribution is -0.167. The number of hydrogen-bond donors (Lipinski definition) is 1. The Balaban J connectivity index is 3.21. The number of rotatable bonds is 6. The molecule has 1 N–H and O–H groups in total. The molecule has 1 aromatic carbocycles. The van der Waals surface area contributed by atoms with E-state index in [0.29, 0.717) is 5.56 Å². The highest BCUT2D eigenvalue weighted by Crippen LogP contribution is 2.33. The molecule has 0 bridgehead atoms. The first-order valence-electron chi connectivity index (χ1n) is 6.04. The van der Waals surface area contributed by atoms with Gasteiger partial charge >= 0.3 is 12.1 Å². The molecule has 0 saturated heterocycles. The summed E-state index contributed by atoms with van der Waals surface area (Å²) in [5.41, 5.74) is 0.445. The monoisotopic (exact) mass is 311 g/mol. The average Bonchev–Trinajstić information content (AvgIpc) is 2.41. The van der Waals surface area contributed by atoms with Gasteiger partial charge in [-0.1, -0.05) is 6.07 Å². The Kier molecular flexibility index (Phi) is 5.92. The quantitative estimate of drug-likeness (QED) is 0.819. The molecule has 118 valence electrons. The van der Waals surface area contributed by atoms with Crippen molar-refractivity contribution in [2.24, 2.45) is 0 Å². The lowest BCUT2D eigenvalue weighted by Crippen LogP contribution is -2.30. The number of carbonyl (C=O) groups excluding carboxylic acids is 1. The van der Waals surface area contributed by atoms with Crippen LogP contribution in [0.5, 0.6) is 5.75 Å². The summed E-state index contributed by atoms with van der Waals surface area (Å²) >= 11 is 0. The maximum absolute atomic E-state index is 12.6. The molecule has 0 aliphatic heterocycles. The number of anilines is 1. The lowest BCUT2D eigenvalue weighted by atomic mass is 10.00. The molecule has 8 heteroatoms. The topological polar surface area (TPSA) is 38.3 Å². The number of hydrogen-bond acceptors (Lipinski definition) is 2. The number of halogens is 5. The Morgan fingerprint density at radius 3 is 2.29 bits per heavy atom. The zero-order chi connectivity index (χ0) is 16.0. The maximum atomic E-state index is 12.6. The minimum atomic E-state index is -5.05. The molecule has 1 aromatic rings. The number of benzene rings is 1. The van der Waals surface area contributed by atoms with Crippen LogP contribution in [0.25, 0.3) is 0 Å². The molecule has 0 aliphatic carbocycles. The molecular weight excluding hydrogens is 297 g/mol. The number of carbonyl (C=O) groups is 1. The first kappa shape index (κ1) is 17.2. The third-order valence-electron chi connectivity index (χ3n) is 2.78. The van der Waals surface area contributed by atoms with Crippen LogP contribution in [0.4, 0.5) is 27.6 Å². The minimum Gasteiger partial charge on any atom is -0.494 e. The van der Waals surface area contributed by atoms with Crippen LogP contribution in [-0.2, 0) is 17.6 Å². The summed E-state index contributed by atoms with van der Waals surface area (Å²) < 4.78 is 66.8. The highest BCUT2D eigenvalue weighted by molar-refractivity contribution is 5.96. The molecule has 0 aliphatic rings. The van der Waals surface area contributed by atoms with Gasteiger partial charge in [0.15, 0.2) is 0 Å². The van der Waals surface area contributed by atoms with Gasteiger partial charge in [-0.2, -0.15) is 13.2 Å². The van der Waals surface area contributed by atoms with Crippen molar-refractivity contribution in [2.45, 2.75) is 19.0 Å². The van der Waals surface area contributed by atoms with E-state index in [1.807, 2.05) is 0 Å². The second kappa shape index (κ2) is 7.24. The second-order valence-corrected chi connectivity index (χ2v) is 4.11. The van der Waals surface area contributed by atoms with Gasteiger partial charge in [0.2, 0.25) is 0 Å². The van der Waals surface area contributed by atoms with Crippen LogP contribution < -0.4 is 10.1 Å². The van der Waals surface area contributed by atoms with Crippen LogP contribution in [0.15, 0.2) is 12.1 Å². The van der Waals surface area contributed by atoms with Gasteiger partial charge in [0.25, 0.3) is 0 Å². The number of nitrogens with one attached hydrogen (secondary N) is 1. The Morgan fingerprint density at radius 2 is 1.81 bits per heavy atom. The van der Waals surface area contributed by atoms with Crippen molar-refractivity contribution >= 4 is 11.6 Å². The van der Waals surface area contributed by atoms with E-state index in [1.165, 1.54) is 19.2 Å². The fraction of sp³-hybridized carbons (Fsp3) is 0.462. The molecule has 0 fully saturated rings. The van der Waals surface area contributed by atoms with Crippen LogP contribution in [0.2, 0.25) is 0 Å².